The minimum Gasteiger partial charge on any atom is -0.481 e. The summed E-state index contributed by atoms with van der Waals surface area (Å²) in [5.41, 5.74) is 1.21. The van der Waals surface area contributed by atoms with Crippen LogP contribution in [0.15, 0.2) is 24.5 Å². The van der Waals surface area contributed by atoms with E-state index >= 15 is 0 Å². The quantitative estimate of drug-likeness (QED) is 0.195. The van der Waals surface area contributed by atoms with Crippen molar-refractivity contribution in [2.24, 2.45) is 11.3 Å². The molecule has 2 aliphatic carbocycles. The Balaban J connectivity index is 1.25. The van der Waals surface area contributed by atoms with Crippen LogP contribution in [0.5, 0.6) is 0 Å². The number of aliphatic carboxylic acids is 1. The number of aryl methyl sites for hydroxylation is 1. The maximum atomic E-state index is 14.2. The first-order valence-corrected chi connectivity index (χ1v) is 16.2. The van der Waals surface area contributed by atoms with E-state index in [0.717, 1.165) is 31.7 Å². The van der Waals surface area contributed by atoms with E-state index in [-0.39, 0.29) is 52.1 Å². The first-order chi connectivity index (χ1) is 22.9. The Morgan fingerprint density at radius 1 is 1.17 bits per heavy atom. The van der Waals surface area contributed by atoms with Crippen LogP contribution in [0, 0.1) is 11.3 Å². The Morgan fingerprint density at radius 3 is 2.62 bits per heavy atom. The predicted octanol–water partition coefficient (Wildman–Crippen LogP) is 5.65. The Labute approximate surface area is 274 Å². The van der Waals surface area contributed by atoms with E-state index in [0.29, 0.717) is 55.9 Å². The SMILES string of the molecule is COCC1(CN(C)c2cc(-c3cnc(C4CC4)c(C(F)(F)F)c3)nc3nc(NC(=O)c4cn5c(n4)CCC(C(=O)O)C5)[nH]c23)CCCC1. The molecule has 0 saturated heterocycles. The van der Waals surface area contributed by atoms with Crippen LogP contribution in [0.4, 0.5) is 24.8 Å². The lowest BCUT2D eigenvalue weighted by Gasteiger charge is -2.34. The highest BCUT2D eigenvalue weighted by Gasteiger charge is 2.40. The zero-order chi connectivity index (χ0) is 33.8. The number of nitrogens with one attached hydrogen (secondary N) is 2. The average Bonchev–Trinajstić information content (AvgIpc) is 3.43. The van der Waals surface area contributed by atoms with Crippen LogP contribution in [0.1, 0.15) is 78.4 Å². The summed E-state index contributed by atoms with van der Waals surface area (Å²) in [7, 11) is 3.60. The second-order valence-electron chi connectivity index (χ2n) is 13.5. The normalized spacial score (nSPS) is 19.0. The van der Waals surface area contributed by atoms with E-state index in [1.165, 1.54) is 12.4 Å². The van der Waals surface area contributed by atoms with Crippen LogP contribution in [-0.4, -0.2) is 73.8 Å². The summed E-state index contributed by atoms with van der Waals surface area (Å²) in [6.07, 6.45) is 4.80. The Morgan fingerprint density at radius 2 is 1.94 bits per heavy atom. The number of fused-ring (bicyclic) bond motifs is 2. The summed E-state index contributed by atoms with van der Waals surface area (Å²) in [5.74, 6) is -1.44. The van der Waals surface area contributed by atoms with E-state index in [2.05, 4.69) is 30.2 Å². The van der Waals surface area contributed by atoms with Gasteiger partial charge in [-0.15, -0.1) is 0 Å². The van der Waals surface area contributed by atoms with Crippen LogP contribution in [-0.2, 0) is 28.7 Å². The fraction of sp³-hybridized carbons (Fsp3) is 0.515. The third kappa shape index (κ3) is 6.22. The van der Waals surface area contributed by atoms with Gasteiger partial charge < -0.3 is 24.3 Å². The van der Waals surface area contributed by atoms with Gasteiger partial charge in [0.1, 0.15) is 17.0 Å². The number of carbonyl (C=O) groups is 2. The number of anilines is 2. The van der Waals surface area contributed by atoms with Gasteiger partial charge in [-0.1, -0.05) is 12.8 Å². The molecule has 3 aliphatic rings. The molecule has 2 saturated carbocycles. The Hall–Kier alpha value is -4.53. The van der Waals surface area contributed by atoms with Crippen molar-refractivity contribution < 1.29 is 32.6 Å². The van der Waals surface area contributed by atoms with Gasteiger partial charge in [0.2, 0.25) is 5.95 Å². The third-order valence-electron chi connectivity index (χ3n) is 9.83. The van der Waals surface area contributed by atoms with E-state index in [9.17, 15) is 27.9 Å². The highest BCUT2D eigenvalue weighted by molar-refractivity contribution is 6.03. The van der Waals surface area contributed by atoms with E-state index in [4.69, 9.17) is 4.74 Å². The van der Waals surface area contributed by atoms with Crippen LogP contribution in [0.3, 0.4) is 0 Å². The summed E-state index contributed by atoms with van der Waals surface area (Å²) in [6, 6.07) is 2.85. The molecule has 48 heavy (non-hydrogen) atoms. The minimum atomic E-state index is -4.57. The minimum absolute atomic E-state index is 0.0663. The fourth-order valence-electron chi connectivity index (χ4n) is 7.30. The molecule has 3 N–H and O–H groups in total. The number of aromatic nitrogens is 6. The number of hydrogen-bond acceptors (Lipinski definition) is 8. The molecule has 7 rings (SSSR count). The number of H-pyrrole nitrogens is 1. The molecule has 5 heterocycles. The molecular formula is C33H37F3N8O4. The molecule has 1 amide bonds. The molecule has 0 aromatic carbocycles. The number of rotatable bonds is 10. The number of carboxylic acids is 1. The molecule has 1 aliphatic heterocycles. The van der Waals surface area contributed by atoms with Crippen LogP contribution < -0.4 is 10.2 Å². The topological polar surface area (TPSA) is 151 Å². The lowest BCUT2D eigenvalue weighted by molar-refractivity contribution is -0.143. The molecule has 1 unspecified atom stereocenters. The molecule has 0 spiro atoms. The fourth-order valence-corrected chi connectivity index (χ4v) is 7.30. The Bertz CT molecular complexity index is 1880. The number of pyridine rings is 2. The molecule has 0 bridgehead atoms. The number of methoxy groups -OCH3 is 1. The molecule has 4 aromatic rings. The van der Waals surface area contributed by atoms with Gasteiger partial charge in [0.25, 0.3) is 5.91 Å². The van der Waals surface area contributed by atoms with Crippen molar-refractivity contribution in [1.82, 2.24) is 29.5 Å². The van der Waals surface area contributed by atoms with Crippen LogP contribution >= 0.6 is 0 Å². The van der Waals surface area contributed by atoms with Gasteiger partial charge in [-0.05, 0) is 44.2 Å². The number of aromatic amines is 1. The van der Waals surface area contributed by atoms with Crippen molar-refractivity contribution in [3.05, 3.63) is 47.3 Å². The third-order valence-corrected chi connectivity index (χ3v) is 9.83. The molecule has 1 atom stereocenters. The van der Waals surface area contributed by atoms with Gasteiger partial charge in [0, 0.05) is 63.0 Å². The number of nitrogens with zero attached hydrogens (tertiary/aromatic N) is 6. The van der Waals surface area contributed by atoms with Crippen molar-refractivity contribution in [3.63, 3.8) is 0 Å². The summed E-state index contributed by atoms with van der Waals surface area (Å²) >= 11 is 0. The summed E-state index contributed by atoms with van der Waals surface area (Å²) < 4.78 is 49.8. The second kappa shape index (κ2) is 12.2. The summed E-state index contributed by atoms with van der Waals surface area (Å²) in [4.78, 5) is 47.8. The van der Waals surface area contributed by atoms with Gasteiger partial charge in [-0.2, -0.15) is 18.2 Å². The summed E-state index contributed by atoms with van der Waals surface area (Å²) in [5, 5.41) is 12.1. The van der Waals surface area contributed by atoms with Crippen molar-refractivity contribution in [2.75, 3.05) is 37.5 Å². The van der Waals surface area contributed by atoms with Gasteiger partial charge >= 0.3 is 12.1 Å². The van der Waals surface area contributed by atoms with Crippen molar-refractivity contribution in [1.29, 1.82) is 0 Å². The van der Waals surface area contributed by atoms with Gasteiger partial charge in [0.05, 0.1) is 35.2 Å². The van der Waals surface area contributed by atoms with E-state index in [1.54, 1.807) is 17.7 Å². The summed E-state index contributed by atoms with van der Waals surface area (Å²) in [6.45, 7) is 1.44. The lowest BCUT2D eigenvalue weighted by Crippen LogP contribution is -2.37. The lowest BCUT2D eigenvalue weighted by atomic mass is 9.86. The molecule has 2 fully saturated rings. The van der Waals surface area contributed by atoms with Gasteiger partial charge in [0.15, 0.2) is 5.65 Å². The first kappa shape index (κ1) is 32.0. The number of alkyl halides is 3. The number of imidazole rings is 2. The molecule has 4 aromatic heterocycles. The van der Waals surface area contributed by atoms with Gasteiger partial charge in [-0.3, -0.25) is 19.9 Å². The molecule has 254 valence electrons. The van der Waals surface area contributed by atoms with Crippen molar-refractivity contribution in [3.8, 4) is 11.3 Å². The van der Waals surface area contributed by atoms with Crippen LogP contribution in [0.25, 0.3) is 22.4 Å². The number of halogens is 3. The maximum absolute atomic E-state index is 14.2. The van der Waals surface area contributed by atoms with Crippen molar-refractivity contribution in [2.45, 2.75) is 70.0 Å². The number of carbonyl (C=O) groups excluding carboxylic acids is 1. The monoisotopic (exact) mass is 666 g/mol. The molecule has 0 radical (unpaired) electrons. The zero-order valence-electron chi connectivity index (χ0n) is 26.7. The van der Waals surface area contributed by atoms with Gasteiger partial charge in [-0.25, -0.2) is 9.97 Å². The smallest absolute Gasteiger partial charge is 0.418 e. The predicted molar refractivity (Wildman–Crippen MR) is 170 cm³/mol. The second-order valence-corrected chi connectivity index (χ2v) is 13.5. The number of carboxylic acid groups (broad SMARTS) is 1. The zero-order valence-corrected chi connectivity index (χ0v) is 26.7. The van der Waals surface area contributed by atoms with Crippen LogP contribution in [0.2, 0.25) is 0 Å². The molecule has 15 heteroatoms. The highest BCUT2D eigenvalue weighted by atomic mass is 19.4. The van der Waals surface area contributed by atoms with E-state index in [1.807, 2.05) is 11.9 Å². The van der Waals surface area contributed by atoms with E-state index < -0.39 is 29.5 Å². The number of hydrogen-bond donors (Lipinski definition) is 3. The average molecular weight is 667 g/mol. The largest absolute Gasteiger partial charge is 0.481 e. The molecule has 12 nitrogen and oxygen atoms in total. The number of amides is 1. The standard InChI is InChI=1S/C33H37F3N8O4/c1-43(16-32(17-48-2)9-3-4-10-32)24-12-22(20-11-21(33(34,35)36)26(37-13-20)18-5-6-18)39-28-27(24)40-31(41-28)42-29(45)23-15-44-14-19(30(46)47)7-8-25(44)38-23/h11-13,15,18-19H,3-10,14,16-17H2,1-2H3,(H,46,47)(H2,39,40,41,42,45). The maximum Gasteiger partial charge on any atom is 0.418 e. The Kier molecular flexibility index (Phi) is 8.12. The number of ether oxygens (including phenoxy) is 1. The first-order valence-electron chi connectivity index (χ1n) is 16.2. The van der Waals surface area contributed by atoms with Crippen molar-refractivity contribution >= 4 is 34.7 Å². The molecular weight excluding hydrogens is 629 g/mol. The highest BCUT2D eigenvalue weighted by Crippen LogP contribution is 2.46.